The number of aryl methyl sites for hydroxylation is 2. The number of amides is 3. The largest absolute Gasteiger partial charge is 0.338 e. The Morgan fingerprint density at radius 2 is 1.54 bits per heavy atom. The fourth-order valence-electron chi connectivity index (χ4n) is 6.16. The minimum absolute atomic E-state index is 0. The Hall–Kier alpha value is -2.87. The van der Waals surface area contributed by atoms with Crippen molar-refractivity contribution in [1.82, 2.24) is 15.1 Å². The van der Waals surface area contributed by atoms with Gasteiger partial charge in [0.2, 0.25) is 5.91 Å². The Kier molecular flexibility index (Phi) is 10.5. The van der Waals surface area contributed by atoms with Crippen molar-refractivity contribution in [2.75, 3.05) is 31.5 Å². The zero-order valence-corrected chi connectivity index (χ0v) is 26.3. The van der Waals surface area contributed by atoms with Gasteiger partial charge in [-0.1, -0.05) is 76.6 Å². The summed E-state index contributed by atoms with van der Waals surface area (Å²) in [5.41, 5.74) is 5.02. The number of carbonyl (C=O) groups excluding carboxylic acids is 2. The molecule has 2 fully saturated rings. The highest BCUT2D eigenvalue weighted by molar-refractivity contribution is 9.10. The van der Waals surface area contributed by atoms with Crippen molar-refractivity contribution in [3.63, 3.8) is 0 Å². The molecule has 0 aliphatic carbocycles. The number of anilines is 1. The van der Waals surface area contributed by atoms with E-state index in [1.165, 1.54) is 5.56 Å². The van der Waals surface area contributed by atoms with Crippen molar-refractivity contribution in [1.29, 1.82) is 0 Å². The molecule has 1 spiro atoms. The van der Waals surface area contributed by atoms with Crippen LogP contribution in [0.5, 0.6) is 0 Å². The number of para-hydroxylation sites is 1. The van der Waals surface area contributed by atoms with Gasteiger partial charge >= 0.3 is 6.03 Å². The summed E-state index contributed by atoms with van der Waals surface area (Å²) in [7, 11) is 0. The lowest BCUT2D eigenvalue weighted by molar-refractivity contribution is -0.138. The normalized spacial score (nSPS) is 17.2. The second kappa shape index (κ2) is 13.9. The molecule has 5 rings (SSSR count). The predicted octanol–water partition coefficient (Wildman–Crippen LogP) is 7.26. The van der Waals surface area contributed by atoms with Crippen LogP contribution >= 0.6 is 28.3 Å². The highest BCUT2D eigenvalue weighted by atomic mass is 79.9. The molecule has 0 bridgehead atoms. The van der Waals surface area contributed by atoms with E-state index < -0.39 is 0 Å². The first kappa shape index (κ1) is 31.1. The third-order valence-corrected chi connectivity index (χ3v) is 9.19. The first-order valence-corrected chi connectivity index (χ1v) is 15.1. The number of piperidine rings is 1. The van der Waals surface area contributed by atoms with E-state index >= 15 is 0 Å². The maximum Gasteiger partial charge on any atom is 0.319 e. The van der Waals surface area contributed by atoms with Crippen molar-refractivity contribution in [2.45, 2.75) is 52.1 Å². The summed E-state index contributed by atoms with van der Waals surface area (Å²) in [6.07, 6.45) is 3.56. The average Bonchev–Trinajstić information content (AvgIpc) is 3.25. The summed E-state index contributed by atoms with van der Waals surface area (Å²) < 4.78 is 1.06. The number of hydrogen-bond donors (Lipinski definition) is 2. The molecule has 6 nitrogen and oxygen atoms in total. The number of rotatable bonds is 8. The minimum atomic E-state index is -0.214. The molecule has 41 heavy (non-hydrogen) atoms. The van der Waals surface area contributed by atoms with Gasteiger partial charge in [0.25, 0.3) is 0 Å². The third kappa shape index (κ3) is 7.51. The Labute approximate surface area is 258 Å². The fraction of sp³-hybridized carbons (Fsp3) is 0.394. The van der Waals surface area contributed by atoms with Gasteiger partial charge in [-0.25, -0.2) is 4.79 Å². The predicted molar refractivity (Wildman–Crippen MR) is 171 cm³/mol. The van der Waals surface area contributed by atoms with Gasteiger partial charge in [0, 0.05) is 29.8 Å². The van der Waals surface area contributed by atoms with E-state index in [0.717, 1.165) is 78.7 Å². The number of nitrogens with zero attached hydrogens (tertiary/aromatic N) is 2. The van der Waals surface area contributed by atoms with Gasteiger partial charge in [-0.15, -0.1) is 12.4 Å². The van der Waals surface area contributed by atoms with Gasteiger partial charge in [-0.05, 0) is 87.0 Å². The number of halogens is 2. The minimum Gasteiger partial charge on any atom is -0.338 e. The third-order valence-electron chi connectivity index (χ3n) is 8.66. The highest BCUT2D eigenvalue weighted by Gasteiger charge is 2.47. The lowest BCUT2D eigenvalue weighted by Gasteiger charge is -2.38. The summed E-state index contributed by atoms with van der Waals surface area (Å²) in [6, 6.07) is 24.2. The first-order valence-electron chi connectivity index (χ1n) is 14.3. The molecule has 3 amide bonds. The standard InChI is InChI=1S/C33H39BrN4O2.ClH/c1-24-7-6-8-25(2)30(24)36-32(40)35-29(27-9-4-3-5-10-27)15-19-37-20-16-33(17-21-37)18-22-38(31(33)39)23-26-11-13-28(34)14-12-26;/h3-14,29H,15-23H2,1-2H3,(H2,35,36,40);1H. The second-order valence-electron chi connectivity index (χ2n) is 11.3. The molecule has 3 aromatic carbocycles. The zero-order valence-electron chi connectivity index (χ0n) is 23.9. The summed E-state index contributed by atoms with van der Waals surface area (Å²) in [5.74, 6) is 0.321. The van der Waals surface area contributed by atoms with Crippen LogP contribution in [0.25, 0.3) is 0 Å². The Balaban J connectivity index is 0.00000387. The quantitative estimate of drug-likeness (QED) is 0.273. The first-order chi connectivity index (χ1) is 19.3. The Morgan fingerprint density at radius 3 is 2.20 bits per heavy atom. The SMILES string of the molecule is Cc1cccc(C)c1NC(=O)NC(CCN1CCC2(CC1)CCN(Cc1ccc(Br)cc1)C2=O)c1ccccc1.Cl. The number of benzene rings is 3. The van der Waals surface area contributed by atoms with Crippen LogP contribution in [0, 0.1) is 19.3 Å². The van der Waals surface area contributed by atoms with Crippen molar-refractivity contribution >= 4 is 46.0 Å². The summed E-state index contributed by atoms with van der Waals surface area (Å²) in [5, 5.41) is 6.29. The molecule has 8 heteroatoms. The molecule has 2 heterocycles. The van der Waals surface area contributed by atoms with E-state index in [0.29, 0.717) is 12.5 Å². The summed E-state index contributed by atoms with van der Waals surface area (Å²) in [6.45, 7) is 8.24. The van der Waals surface area contributed by atoms with Gasteiger partial charge in [-0.3, -0.25) is 4.79 Å². The molecule has 2 aliphatic rings. The summed E-state index contributed by atoms with van der Waals surface area (Å²) >= 11 is 3.49. The molecule has 0 aromatic heterocycles. The van der Waals surface area contributed by atoms with Gasteiger partial charge in [0.15, 0.2) is 0 Å². The molecule has 1 atom stereocenters. The van der Waals surface area contributed by atoms with Gasteiger partial charge in [-0.2, -0.15) is 0 Å². The summed E-state index contributed by atoms with van der Waals surface area (Å²) in [4.78, 5) is 31.0. The monoisotopic (exact) mass is 638 g/mol. The lowest BCUT2D eigenvalue weighted by atomic mass is 9.77. The molecule has 218 valence electrons. The zero-order chi connectivity index (χ0) is 28.1. The average molecular weight is 640 g/mol. The lowest BCUT2D eigenvalue weighted by Crippen LogP contribution is -2.45. The number of likely N-dealkylation sites (tertiary alicyclic amines) is 2. The van der Waals surface area contributed by atoms with Crippen LogP contribution in [0.2, 0.25) is 0 Å². The number of urea groups is 1. The van der Waals surface area contributed by atoms with Crippen LogP contribution in [0.15, 0.2) is 77.3 Å². The molecule has 0 radical (unpaired) electrons. The molecule has 2 aliphatic heterocycles. The van der Waals surface area contributed by atoms with Gasteiger partial charge < -0.3 is 20.4 Å². The van der Waals surface area contributed by atoms with Crippen molar-refractivity contribution < 1.29 is 9.59 Å². The van der Waals surface area contributed by atoms with E-state index in [4.69, 9.17) is 0 Å². The highest BCUT2D eigenvalue weighted by Crippen LogP contribution is 2.42. The number of hydrogen-bond acceptors (Lipinski definition) is 3. The van der Waals surface area contributed by atoms with Crippen molar-refractivity contribution in [3.05, 3.63) is 99.5 Å². The molecule has 0 saturated carbocycles. The molecule has 1 unspecified atom stereocenters. The van der Waals surface area contributed by atoms with Crippen LogP contribution < -0.4 is 10.6 Å². The molecular weight excluding hydrogens is 600 g/mol. The van der Waals surface area contributed by atoms with Crippen LogP contribution in [-0.2, 0) is 11.3 Å². The van der Waals surface area contributed by atoms with Crippen molar-refractivity contribution in [2.24, 2.45) is 5.41 Å². The number of nitrogens with one attached hydrogen (secondary N) is 2. The number of carbonyl (C=O) groups is 2. The van der Waals surface area contributed by atoms with E-state index in [-0.39, 0.29) is 29.9 Å². The molecular formula is C33H40BrClN4O2. The van der Waals surface area contributed by atoms with Gasteiger partial charge in [0.1, 0.15) is 0 Å². The smallest absolute Gasteiger partial charge is 0.319 e. The van der Waals surface area contributed by atoms with Crippen LogP contribution in [0.3, 0.4) is 0 Å². The van der Waals surface area contributed by atoms with E-state index in [1.54, 1.807) is 0 Å². The Bertz CT molecular complexity index is 1310. The van der Waals surface area contributed by atoms with Crippen LogP contribution in [0.4, 0.5) is 10.5 Å². The topological polar surface area (TPSA) is 64.7 Å². The van der Waals surface area contributed by atoms with E-state index in [1.807, 2.05) is 67.3 Å². The van der Waals surface area contributed by atoms with Crippen molar-refractivity contribution in [3.8, 4) is 0 Å². The van der Waals surface area contributed by atoms with E-state index in [9.17, 15) is 9.59 Å². The van der Waals surface area contributed by atoms with E-state index in [2.05, 4.69) is 55.7 Å². The van der Waals surface area contributed by atoms with Crippen LogP contribution in [-0.4, -0.2) is 47.9 Å². The molecule has 2 N–H and O–H groups in total. The van der Waals surface area contributed by atoms with Crippen LogP contribution in [0.1, 0.15) is 54.0 Å². The van der Waals surface area contributed by atoms with Gasteiger partial charge in [0.05, 0.1) is 11.5 Å². The fourth-order valence-corrected chi connectivity index (χ4v) is 6.43. The maximum atomic E-state index is 13.5. The Morgan fingerprint density at radius 1 is 0.902 bits per heavy atom. The second-order valence-corrected chi connectivity index (χ2v) is 12.3. The molecule has 3 aromatic rings. The molecule has 2 saturated heterocycles. The maximum absolute atomic E-state index is 13.5.